The largest absolute Gasteiger partial charge is 0.493 e. The Hall–Kier alpha value is -1.09. The van der Waals surface area contributed by atoms with Crippen LogP contribution < -0.4 is 10.1 Å². The van der Waals surface area contributed by atoms with Gasteiger partial charge in [0.2, 0.25) is 0 Å². The number of halogens is 1. The van der Waals surface area contributed by atoms with Gasteiger partial charge in [-0.05, 0) is 50.1 Å². The molecule has 0 fully saturated rings. The van der Waals surface area contributed by atoms with E-state index in [9.17, 15) is 4.39 Å². The molecule has 0 saturated carbocycles. The number of rotatable bonds is 3. The highest BCUT2D eigenvalue weighted by Crippen LogP contribution is 2.31. The second-order valence-corrected chi connectivity index (χ2v) is 4.50. The number of aryl methyl sites for hydroxylation is 1. The predicted octanol–water partition coefficient (Wildman–Crippen LogP) is 2.42. The third kappa shape index (κ3) is 2.19. The average molecular weight is 223 g/mol. The molecule has 1 unspecified atom stereocenters. The summed E-state index contributed by atoms with van der Waals surface area (Å²) < 4.78 is 19.8. The molecule has 1 N–H and O–H groups in total. The Balaban J connectivity index is 2.29. The summed E-state index contributed by atoms with van der Waals surface area (Å²) in [5.41, 5.74) is 0.538. The van der Waals surface area contributed by atoms with Crippen molar-refractivity contribution < 1.29 is 9.13 Å². The van der Waals surface area contributed by atoms with E-state index in [0.29, 0.717) is 6.54 Å². The van der Waals surface area contributed by atoms with E-state index in [0.717, 1.165) is 36.3 Å². The lowest BCUT2D eigenvalue weighted by molar-refractivity contribution is 0.190. The number of nitrogens with one attached hydrogen (secondary N) is 1. The van der Waals surface area contributed by atoms with Crippen LogP contribution in [0.2, 0.25) is 0 Å². The van der Waals surface area contributed by atoms with Crippen molar-refractivity contribution in [3.8, 4) is 5.75 Å². The molecule has 2 rings (SSSR count). The molecule has 1 aliphatic heterocycles. The maximum Gasteiger partial charge on any atom is 0.145 e. The Labute approximate surface area is 95.8 Å². The fourth-order valence-electron chi connectivity index (χ4n) is 2.12. The smallest absolute Gasteiger partial charge is 0.145 e. The fourth-order valence-corrected chi connectivity index (χ4v) is 2.12. The third-order valence-electron chi connectivity index (χ3n) is 3.02. The molecule has 0 amide bonds. The first-order valence-electron chi connectivity index (χ1n) is 5.73. The van der Waals surface area contributed by atoms with E-state index in [4.69, 9.17) is 4.74 Å². The molecule has 1 aromatic rings. The topological polar surface area (TPSA) is 21.3 Å². The highest BCUT2D eigenvalue weighted by Gasteiger charge is 2.26. The van der Waals surface area contributed by atoms with Gasteiger partial charge in [0.15, 0.2) is 0 Å². The minimum absolute atomic E-state index is 0.326. The van der Waals surface area contributed by atoms with Crippen LogP contribution in [0.5, 0.6) is 5.75 Å². The summed E-state index contributed by atoms with van der Waals surface area (Å²) in [6.45, 7) is 2.71. The Morgan fingerprint density at radius 2 is 2.31 bits per heavy atom. The number of fused-ring (bicyclic) bond motifs is 1. The van der Waals surface area contributed by atoms with Crippen molar-refractivity contribution in [1.82, 2.24) is 5.32 Å². The highest BCUT2D eigenvalue weighted by atomic mass is 19.1. The van der Waals surface area contributed by atoms with Crippen molar-refractivity contribution in [2.75, 3.05) is 20.2 Å². The zero-order chi connectivity index (χ0) is 11.6. The van der Waals surface area contributed by atoms with Gasteiger partial charge in [0.1, 0.15) is 11.4 Å². The first kappa shape index (κ1) is 11.4. The van der Waals surface area contributed by atoms with Crippen LogP contribution in [0, 0.1) is 0 Å². The second kappa shape index (κ2) is 4.42. The first-order valence-corrected chi connectivity index (χ1v) is 5.73. The first-order chi connectivity index (χ1) is 7.63. The van der Waals surface area contributed by atoms with Gasteiger partial charge in [-0.15, -0.1) is 0 Å². The van der Waals surface area contributed by atoms with Crippen LogP contribution in [0.3, 0.4) is 0 Å². The standard InChI is InChI=1S/C13H18FNO/c1-13(14,9-15-2)11-5-6-12-10(8-11)4-3-7-16-12/h5-6,8,15H,3-4,7,9H2,1-2H3. The Bertz CT molecular complexity index is 376. The summed E-state index contributed by atoms with van der Waals surface area (Å²) in [6.07, 6.45) is 2.00. The zero-order valence-corrected chi connectivity index (χ0v) is 9.85. The van der Waals surface area contributed by atoms with E-state index in [1.54, 1.807) is 14.0 Å². The maximum atomic E-state index is 14.3. The van der Waals surface area contributed by atoms with Crippen LogP contribution in [0.15, 0.2) is 18.2 Å². The van der Waals surface area contributed by atoms with Crippen molar-refractivity contribution in [3.63, 3.8) is 0 Å². The van der Waals surface area contributed by atoms with Gasteiger partial charge >= 0.3 is 0 Å². The molecule has 0 aliphatic carbocycles. The maximum absolute atomic E-state index is 14.3. The fraction of sp³-hybridized carbons (Fsp3) is 0.538. The van der Waals surface area contributed by atoms with Gasteiger partial charge in [0, 0.05) is 6.54 Å². The number of ether oxygens (including phenoxy) is 1. The normalized spacial score (nSPS) is 18.4. The Morgan fingerprint density at radius 3 is 3.06 bits per heavy atom. The van der Waals surface area contributed by atoms with E-state index in [-0.39, 0.29) is 0 Å². The number of alkyl halides is 1. The van der Waals surface area contributed by atoms with Crippen LogP contribution >= 0.6 is 0 Å². The molecule has 0 spiro atoms. The van der Waals surface area contributed by atoms with Gasteiger partial charge in [-0.2, -0.15) is 0 Å². The van der Waals surface area contributed by atoms with Crippen molar-refractivity contribution in [2.45, 2.75) is 25.4 Å². The summed E-state index contributed by atoms with van der Waals surface area (Å²) in [7, 11) is 1.76. The number of likely N-dealkylation sites (N-methyl/N-ethyl adjacent to an activating group) is 1. The molecule has 0 bridgehead atoms. The predicted molar refractivity (Wildman–Crippen MR) is 62.6 cm³/mol. The molecule has 0 radical (unpaired) electrons. The molecular weight excluding hydrogens is 205 g/mol. The number of hydrogen-bond acceptors (Lipinski definition) is 2. The van der Waals surface area contributed by atoms with E-state index >= 15 is 0 Å². The molecule has 16 heavy (non-hydrogen) atoms. The van der Waals surface area contributed by atoms with Crippen LogP contribution in [0.25, 0.3) is 0 Å². The third-order valence-corrected chi connectivity index (χ3v) is 3.02. The van der Waals surface area contributed by atoms with Crippen LogP contribution in [-0.2, 0) is 12.1 Å². The van der Waals surface area contributed by atoms with Gasteiger partial charge < -0.3 is 10.1 Å². The van der Waals surface area contributed by atoms with Crippen LogP contribution in [-0.4, -0.2) is 20.2 Å². The zero-order valence-electron chi connectivity index (χ0n) is 9.85. The van der Waals surface area contributed by atoms with Gasteiger partial charge in [-0.25, -0.2) is 4.39 Å². The van der Waals surface area contributed by atoms with Crippen LogP contribution in [0.4, 0.5) is 4.39 Å². The number of hydrogen-bond donors (Lipinski definition) is 1. The van der Waals surface area contributed by atoms with Gasteiger partial charge in [0.25, 0.3) is 0 Å². The Kier molecular flexibility index (Phi) is 3.15. The molecule has 0 saturated heterocycles. The van der Waals surface area contributed by atoms with Crippen molar-refractivity contribution in [1.29, 1.82) is 0 Å². The summed E-state index contributed by atoms with van der Waals surface area (Å²) in [5.74, 6) is 0.912. The lowest BCUT2D eigenvalue weighted by Gasteiger charge is -2.24. The minimum atomic E-state index is -1.32. The van der Waals surface area contributed by atoms with E-state index < -0.39 is 5.67 Å². The molecule has 1 atom stereocenters. The van der Waals surface area contributed by atoms with E-state index in [1.165, 1.54) is 0 Å². The SMILES string of the molecule is CNCC(C)(F)c1ccc2c(c1)CCCO2. The lowest BCUT2D eigenvalue weighted by atomic mass is 9.94. The summed E-state index contributed by atoms with van der Waals surface area (Å²) in [5, 5.41) is 2.88. The van der Waals surface area contributed by atoms with Crippen molar-refractivity contribution >= 4 is 0 Å². The molecule has 1 aliphatic rings. The van der Waals surface area contributed by atoms with Crippen molar-refractivity contribution in [3.05, 3.63) is 29.3 Å². The van der Waals surface area contributed by atoms with Crippen molar-refractivity contribution in [2.24, 2.45) is 0 Å². The molecule has 0 aromatic heterocycles. The van der Waals surface area contributed by atoms with Crippen LogP contribution in [0.1, 0.15) is 24.5 Å². The molecule has 88 valence electrons. The molecule has 1 heterocycles. The Morgan fingerprint density at radius 1 is 1.50 bits per heavy atom. The monoisotopic (exact) mass is 223 g/mol. The highest BCUT2D eigenvalue weighted by molar-refractivity contribution is 5.40. The minimum Gasteiger partial charge on any atom is -0.493 e. The lowest BCUT2D eigenvalue weighted by Crippen LogP contribution is -2.29. The average Bonchev–Trinajstić information content (AvgIpc) is 2.28. The molecule has 2 nitrogen and oxygen atoms in total. The van der Waals surface area contributed by atoms with Gasteiger partial charge in [-0.3, -0.25) is 0 Å². The second-order valence-electron chi connectivity index (χ2n) is 4.50. The van der Waals surface area contributed by atoms with Gasteiger partial charge in [-0.1, -0.05) is 6.07 Å². The summed E-state index contributed by atoms with van der Waals surface area (Å²) in [4.78, 5) is 0. The molecule has 3 heteroatoms. The number of benzene rings is 1. The van der Waals surface area contributed by atoms with E-state index in [2.05, 4.69) is 5.32 Å². The molecular formula is C13H18FNO. The quantitative estimate of drug-likeness (QED) is 0.849. The van der Waals surface area contributed by atoms with E-state index in [1.807, 2.05) is 18.2 Å². The summed E-state index contributed by atoms with van der Waals surface area (Å²) >= 11 is 0. The summed E-state index contributed by atoms with van der Waals surface area (Å²) in [6, 6.07) is 5.64. The van der Waals surface area contributed by atoms with Gasteiger partial charge in [0.05, 0.1) is 6.61 Å². The molecule has 1 aromatic carbocycles.